The number of benzene rings is 1. The van der Waals surface area contributed by atoms with Gasteiger partial charge in [-0.25, -0.2) is 0 Å². The summed E-state index contributed by atoms with van der Waals surface area (Å²) in [6, 6.07) is 4.31. The van der Waals surface area contributed by atoms with Gasteiger partial charge in [0, 0.05) is 34.8 Å². The first-order valence-electron chi connectivity index (χ1n) is 5.98. The highest BCUT2D eigenvalue weighted by molar-refractivity contribution is 14.1. The van der Waals surface area contributed by atoms with Crippen molar-refractivity contribution < 1.29 is 9.72 Å². The van der Waals surface area contributed by atoms with Crippen LogP contribution in [0.5, 0.6) is 0 Å². The molecule has 1 heterocycles. The molecule has 6 nitrogen and oxygen atoms in total. The van der Waals surface area contributed by atoms with Crippen LogP contribution in [0.1, 0.15) is 23.2 Å². The molecule has 0 aromatic heterocycles. The molecule has 1 aliphatic heterocycles. The number of nitro groups is 1. The van der Waals surface area contributed by atoms with E-state index in [1.807, 2.05) is 22.6 Å². The van der Waals surface area contributed by atoms with Gasteiger partial charge in [-0.05, 0) is 41.5 Å². The van der Waals surface area contributed by atoms with Crippen molar-refractivity contribution >= 4 is 46.6 Å². The molecule has 1 amide bonds. The van der Waals surface area contributed by atoms with Crippen LogP contribution in [-0.4, -0.2) is 34.9 Å². The van der Waals surface area contributed by atoms with Gasteiger partial charge in [0.1, 0.15) is 0 Å². The Labute approximate surface area is 136 Å². The number of rotatable bonds is 2. The van der Waals surface area contributed by atoms with Crippen LogP contribution in [0.4, 0.5) is 5.69 Å². The quantitative estimate of drug-likeness (QED) is 0.459. The van der Waals surface area contributed by atoms with E-state index in [4.69, 9.17) is 5.73 Å². The second-order valence-corrected chi connectivity index (χ2v) is 5.74. The van der Waals surface area contributed by atoms with Gasteiger partial charge >= 0.3 is 0 Å². The van der Waals surface area contributed by atoms with Crippen LogP contribution in [-0.2, 0) is 0 Å². The number of nitrogens with zero attached hydrogens (tertiary/aromatic N) is 2. The summed E-state index contributed by atoms with van der Waals surface area (Å²) in [5.41, 5.74) is 6.35. The molecule has 20 heavy (non-hydrogen) atoms. The molecule has 0 bridgehead atoms. The number of hydrogen-bond donors (Lipinski definition) is 1. The van der Waals surface area contributed by atoms with Crippen molar-refractivity contribution in [1.29, 1.82) is 0 Å². The van der Waals surface area contributed by atoms with Crippen LogP contribution >= 0.6 is 35.0 Å². The maximum atomic E-state index is 12.3. The Hall–Kier alpha value is -0.930. The van der Waals surface area contributed by atoms with Gasteiger partial charge in [0.15, 0.2) is 0 Å². The van der Waals surface area contributed by atoms with Crippen LogP contribution < -0.4 is 5.73 Å². The molecule has 0 radical (unpaired) electrons. The molecule has 1 fully saturated rings. The molecule has 0 aliphatic carbocycles. The van der Waals surface area contributed by atoms with Crippen LogP contribution in [0, 0.1) is 13.7 Å². The molecule has 1 aliphatic rings. The van der Waals surface area contributed by atoms with Gasteiger partial charge in [-0.2, -0.15) is 0 Å². The first kappa shape index (κ1) is 17.1. The molecule has 2 rings (SSSR count). The van der Waals surface area contributed by atoms with Crippen LogP contribution in [0.25, 0.3) is 0 Å². The number of piperidine rings is 1. The lowest BCUT2D eigenvalue weighted by molar-refractivity contribution is -0.384. The van der Waals surface area contributed by atoms with Crippen molar-refractivity contribution in [1.82, 2.24) is 4.90 Å². The fourth-order valence-electron chi connectivity index (χ4n) is 2.16. The van der Waals surface area contributed by atoms with Crippen LogP contribution in [0.15, 0.2) is 18.2 Å². The van der Waals surface area contributed by atoms with Gasteiger partial charge in [-0.3, -0.25) is 14.9 Å². The number of non-ortho nitro benzene ring substituents is 1. The number of hydrogen-bond acceptors (Lipinski definition) is 4. The third-order valence-electron chi connectivity index (χ3n) is 3.14. The fraction of sp³-hybridized carbons (Fsp3) is 0.417. The molecule has 8 heteroatoms. The van der Waals surface area contributed by atoms with Crippen molar-refractivity contribution in [2.45, 2.75) is 18.9 Å². The van der Waals surface area contributed by atoms with Crippen LogP contribution in [0.3, 0.4) is 0 Å². The van der Waals surface area contributed by atoms with Gasteiger partial charge in [0.25, 0.3) is 11.6 Å². The molecule has 0 spiro atoms. The van der Waals surface area contributed by atoms with Gasteiger partial charge in [-0.15, -0.1) is 12.4 Å². The highest BCUT2D eigenvalue weighted by atomic mass is 127. The lowest BCUT2D eigenvalue weighted by Crippen LogP contribution is -2.45. The summed E-state index contributed by atoms with van der Waals surface area (Å²) in [6.45, 7) is 1.24. The van der Waals surface area contributed by atoms with Crippen molar-refractivity contribution in [2.24, 2.45) is 5.73 Å². The lowest BCUT2D eigenvalue weighted by Gasteiger charge is -2.31. The summed E-state index contributed by atoms with van der Waals surface area (Å²) >= 11 is 1.95. The molecular formula is C12H15ClIN3O3. The molecule has 0 saturated carbocycles. The zero-order valence-electron chi connectivity index (χ0n) is 10.6. The van der Waals surface area contributed by atoms with Crippen molar-refractivity contribution in [2.75, 3.05) is 13.1 Å². The summed E-state index contributed by atoms with van der Waals surface area (Å²) < 4.78 is 0.593. The SMILES string of the molecule is Cl.NC1CCCN(C(=O)c2ccc([N+](=O)[O-])cc2I)C1. The minimum atomic E-state index is -0.465. The van der Waals surface area contributed by atoms with Gasteiger partial charge in [0.05, 0.1) is 10.5 Å². The Morgan fingerprint density at radius 2 is 2.20 bits per heavy atom. The second kappa shape index (κ2) is 7.19. The highest BCUT2D eigenvalue weighted by Gasteiger charge is 2.24. The van der Waals surface area contributed by atoms with Gasteiger partial charge < -0.3 is 10.6 Å². The minimum absolute atomic E-state index is 0. The number of amides is 1. The Morgan fingerprint density at radius 1 is 1.50 bits per heavy atom. The number of carbonyl (C=O) groups is 1. The molecule has 1 aromatic carbocycles. The monoisotopic (exact) mass is 411 g/mol. The van der Waals surface area contributed by atoms with Crippen molar-refractivity contribution in [3.63, 3.8) is 0 Å². The normalized spacial score (nSPS) is 18.3. The van der Waals surface area contributed by atoms with Crippen molar-refractivity contribution in [3.05, 3.63) is 37.4 Å². The first-order valence-corrected chi connectivity index (χ1v) is 7.05. The minimum Gasteiger partial charge on any atom is -0.337 e. The number of nitrogens with two attached hydrogens (primary N) is 1. The number of halogens is 2. The lowest BCUT2D eigenvalue weighted by atomic mass is 10.1. The summed E-state index contributed by atoms with van der Waals surface area (Å²) in [5, 5.41) is 10.7. The largest absolute Gasteiger partial charge is 0.337 e. The Kier molecular flexibility index (Phi) is 6.15. The Morgan fingerprint density at radius 3 is 2.75 bits per heavy atom. The van der Waals surface area contributed by atoms with Crippen molar-refractivity contribution in [3.8, 4) is 0 Å². The Balaban J connectivity index is 0.00000200. The maximum absolute atomic E-state index is 12.3. The molecule has 110 valence electrons. The van der Waals surface area contributed by atoms with E-state index in [9.17, 15) is 14.9 Å². The van der Waals surface area contributed by atoms with E-state index < -0.39 is 4.92 Å². The summed E-state index contributed by atoms with van der Waals surface area (Å²) in [6.07, 6.45) is 1.83. The highest BCUT2D eigenvalue weighted by Crippen LogP contribution is 2.22. The molecule has 2 N–H and O–H groups in total. The molecule has 1 saturated heterocycles. The maximum Gasteiger partial charge on any atom is 0.270 e. The average molecular weight is 412 g/mol. The van der Waals surface area contributed by atoms with E-state index >= 15 is 0 Å². The smallest absolute Gasteiger partial charge is 0.270 e. The van der Waals surface area contributed by atoms with E-state index in [1.165, 1.54) is 18.2 Å². The molecule has 1 aromatic rings. The zero-order valence-corrected chi connectivity index (χ0v) is 13.6. The van der Waals surface area contributed by atoms with Gasteiger partial charge in [-0.1, -0.05) is 0 Å². The molecular weight excluding hydrogens is 397 g/mol. The molecule has 1 unspecified atom stereocenters. The van der Waals surface area contributed by atoms with Gasteiger partial charge in [0.2, 0.25) is 0 Å². The number of likely N-dealkylation sites (tertiary alicyclic amines) is 1. The topological polar surface area (TPSA) is 89.5 Å². The first-order chi connectivity index (χ1) is 8.99. The Bertz CT molecular complexity index is 527. The summed E-state index contributed by atoms with van der Waals surface area (Å²) in [5.74, 6) is -0.102. The fourth-order valence-corrected chi connectivity index (χ4v) is 2.89. The molecule has 1 atom stereocenters. The van der Waals surface area contributed by atoms with E-state index in [1.54, 1.807) is 4.90 Å². The second-order valence-electron chi connectivity index (χ2n) is 4.57. The standard InChI is InChI=1S/C12H14IN3O3.ClH/c13-11-6-9(16(18)19)3-4-10(11)12(17)15-5-1-2-8(14)7-15;/h3-4,6,8H,1-2,5,7,14H2;1H. The predicted molar refractivity (Wildman–Crippen MR) is 86.2 cm³/mol. The van der Waals surface area contributed by atoms with E-state index in [0.717, 1.165) is 12.8 Å². The number of carbonyl (C=O) groups excluding carboxylic acids is 1. The number of nitro benzene ring substituents is 1. The zero-order chi connectivity index (χ0) is 14.0. The van der Waals surface area contributed by atoms with E-state index in [0.29, 0.717) is 22.2 Å². The third kappa shape index (κ3) is 3.80. The average Bonchev–Trinajstić information content (AvgIpc) is 2.37. The summed E-state index contributed by atoms with van der Waals surface area (Å²) in [7, 11) is 0. The van der Waals surface area contributed by atoms with E-state index in [-0.39, 0.29) is 30.0 Å². The van der Waals surface area contributed by atoms with E-state index in [2.05, 4.69) is 0 Å². The predicted octanol–water partition coefficient (Wildman–Crippen LogP) is 2.18. The van der Waals surface area contributed by atoms with Crippen LogP contribution in [0.2, 0.25) is 0 Å². The summed E-state index contributed by atoms with van der Waals surface area (Å²) in [4.78, 5) is 24.3. The third-order valence-corrected chi connectivity index (χ3v) is 4.03.